The van der Waals surface area contributed by atoms with Crippen LogP contribution in [0.15, 0.2) is 30.3 Å². The van der Waals surface area contributed by atoms with Gasteiger partial charge in [0.05, 0.1) is 10.3 Å². The van der Waals surface area contributed by atoms with Crippen molar-refractivity contribution in [1.82, 2.24) is 0 Å². The van der Waals surface area contributed by atoms with Crippen LogP contribution >= 0.6 is 0 Å². The van der Waals surface area contributed by atoms with Gasteiger partial charge in [0.1, 0.15) is 0 Å². The van der Waals surface area contributed by atoms with Gasteiger partial charge in [-0.3, -0.25) is 10.1 Å². The van der Waals surface area contributed by atoms with Crippen LogP contribution < -0.4 is 0 Å². The van der Waals surface area contributed by atoms with Gasteiger partial charge in [0.2, 0.25) is 0 Å². The lowest BCUT2D eigenvalue weighted by molar-refractivity contribution is -0.383. The van der Waals surface area contributed by atoms with Crippen LogP contribution in [0.5, 0.6) is 0 Å². The number of nitro benzene ring substituents is 1. The number of nitrogens with zero attached hydrogens (tertiary/aromatic N) is 1. The first-order valence-corrected chi connectivity index (χ1v) is 4.74. The van der Waals surface area contributed by atoms with Crippen LogP contribution in [0.2, 0.25) is 0 Å². The van der Waals surface area contributed by atoms with Crippen LogP contribution in [-0.2, 0) is 0 Å². The first kappa shape index (κ1) is 9.65. The number of nitro groups is 1. The fourth-order valence-electron chi connectivity index (χ4n) is 1.90. The smallest absolute Gasteiger partial charge is 0.258 e. The lowest BCUT2D eigenvalue weighted by Crippen LogP contribution is -1.91. The van der Waals surface area contributed by atoms with Gasteiger partial charge in [-0.2, -0.15) is 0 Å². The molecule has 2 rings (SSSR count). The molecule has 15 heavy (non-hydrogen) atoms. The molecule has 0 aliphatic heterocycles. The molecule has 0 aliphatic carbocycles. The average Bonchev–Trinajstić information content (AvgIpc) is 2.16. The predicted octanol–water partition coefficient (Wildman–Crippen LogP) is 3.36. The molecule has 2 aromatic rings. The third kappa shape index (κ3) is 1.56. The minimum atomic E-state index is -0.332. The second-order valence-corrected chi connectivity index (χ2v) is 3.71. The van der Waals surface area contributed by atoms with Crippen LogP contribution in [0.3, 0.4) is 0 Å². The molecule has 0 saturated carbocycles. The normalized spacial score (nSPS) is 10.5. The molecule has 0 amide bonds. The molecule has 0 unspecified atom stereocenters. The standard InChI is InChI=1S/C12H11NO2/c1-8-6-9(2)10-4-3-5-12(13(14)15)11(10)7-8/h3-7H,1-2H3. The van der Waals surface area contributed by atoms with Crippen molar-refractivity contribution in [1.29, 1.82) is 0 Å². The van der Waals surface area contributed by atoms with E-state index in [2.05, 4.69) is 0 Å². The van der Waals surface area contributed by atoms with Gasteiger partial charge in [-0.1, -0.05) is 18.2 Å². The van der Waals surface area contributed by atoms with Crippen LogP contribution in [0.1, 0.15) is 11.1 Å². The lowest BCUT2D eigenvalue weighted by atomic mass is 10.0. The third-order valence-corrected chi connectivity index (χ3v) is 2.52. The van der Waals surface area contributed by atoms with E-state index in [1.54, 1.807) is 12.1 Å². The molecular weight excluding hydrogens is 190 g/mol. The maximum absolute atomic E-state index is 10.8. The fourth-order valence-corrected chi connectivity index (χ4v) is 1.90. The van der Waals surface area contributed by atoms with Crippen molar-refractivity contribution in [3.63, 3.8) is 0 Å². The number of benzene rings is 2. The molecule has 0 atom stereocenters. The molecule has 0 N–H and O–H groups in total. The van der Waals surface area contributed by atoms with Crippen molar-refractivity contribution in [3.8, 4) is 0 Å². The second kappa shape index (κ2) is 3.35. The van der Waals surface area contributed by atoms with E-state index in [0.717, 1.165) is 21.9 Å². The second-order valence-electron chi connectivity index (χ2n) is 3.71. The first-order valence-electron chi connectivity index (χ1n) is 4.74. The zero-order valence-corrected chi connectivity index (χ0v) is 8.65. The molecule has 0 aliphatic rings. The quantitative estimate of drug-likeness (QED) is 0.524. The summed E-state index contributed by atoms with van der Waals surface area (Å²) in [6.45, 7) is 3.92. The number of fused-ring (bicyclic) bond motifs is 1. The Morgan fingerprint density at radius 2 is 1.87 bits per heavy atom. The first-order chi connectivity index (χ1) is 7.09. The highest BCUT2D eigenvalue weighted by Gasteiger charge is 2.11. The number of hydrogen-bond acceptors (Lipinski definition) is 2. The summed E-state index contributed by atoms with van der Waals surface area (Å²) in [5, 5.41) is 12.5. The van der Waals surface area contributed by atoms with Crippen molar-refractivity contribution in [2.75, 3.05) is 0 Å². The van der Waals surface area contributed by atoms with Gasteiger partial charge >= 0.3 is 0 Å². The Bertz CT molecular complexity index is 547. The maximum atomic E-state index is 10.8. The summed E-state index contributed by atoms with van der Waals surface area (Å²) in [7, 11) is 0. The van der Waals surface area contributed by atoms with Crippen LogP contribution in [0, 0.1) is 24.0 Å². The average molecular weight is 201 g/mol. The van der Waals surface area contributed by atoms with Gasteiger partial charge in [0.25, 0.3) is 5.69 Å². The third-order valence-electron chi connectivity index (χ3n) is 2.52. The van der Waals surface area contributed by atoms with Gasteiger partial charge in [-0.15, -0.1) is 0 Å². The van der Waals surface area contributed by atoms with E-state index >= 15 is 0 Å². The monoisotopic (exact) mass is 201 g/mol. The molecule has 3 nitrogen and oxygen atoms in total. The highest BCUT2D eigenvalue weighted by atomic mass is 16.6. The van der Waals surface area contributed by atoms with Gasteiger partial charge < -0.3 is 0 Å². The minimum Gasteiger partial charge on any atom is -0.258 e. The number of non-ortho nitro benzene ring substituents is 1. The van der Waals surface area contributed by atoms with E-state index < -0.39 is 0 Å². The molecule has 0 aromatic heterocycles. The molecule has 76 valence electrons. The van der Waals surface area contributed by atoms with Crippen molar-refractivity contribution < 1.29 is 4.92 Å². The molecule has 3 heteroatoms. The van der Waals surface area contributed by atoms with Crippen molar-refractivity contribution in [2.24, 2.45) is 0 Å². The Hall–Kier alpha value is -1.90. The summed E-state index contributed by atoms with van der Waals surface area (Å²) in [6, 6.07) is 9.08. The predicted molar refractivity (Wildman–Crippen MR) is 60.1 cm³/mol. The zero-order chi connectivity index (χ0) is 11.0. The van der Waals surface area contributed by atoms with E-state index in [0.29, 0.717) is 0 Å². The minimum absolute atomic E-state index is 0.180. The lowest BCUT2D eigenvalue weighted by Gasteiger charge is -2.04. The molecule has 0 spiro atoms. The van der Waals surface area contributed by atoms with E-state index in [9.17, 15) is 10.1 Å². The molecule has 2 aromatic carbocycles. The molecule has 0 bridgehead atoms. The number of hydrogen-bond donors (Lipinski definition) is 0. The van der Waals surface area contributed by atoms with Gasteiger partial charge in [0, 0.05) is 6.07 Å². The summed E-state index contributed by atoms with van der Waals surface area (Å²) >= 11 is 0. The summed E-state index contributed by atoms with van der Waals surface area (Å²) in [6.07, 6.45) is 0. The zero-order valence-electron chi connectivity index (χ0n) is 8.65. The Morgan fingerprint density at radius 1 is 1.13 bits per heavy atom. The van der Waals surface area contributed by atoms with Crippen molar-refractivity contribution >= 4 is 16.5 Å². The van der Waals surface area contributed by atoms with E-state index in [4.69, 9.17) is 0 Å². The van der Waals surface area contributed by atoms with Crippen LogP contribution in [0.25, 0.3) is 10.8 Å². The number of aryl methyl sites for hydroxylation is 2. The van der Waals surface area contributed by atoms with Gasteiger partial charge in [-0.05, 0) is 36.4 Å². The topological polar surface area (TPSA) is 43.1 Å². The highest BCUT2D eigenvalue weighted by Crippen LogP contribution is 2.28. The molecule has 0 radical (unpaired) electrons. The highest BCUT2D eigenvalue weighted by molar-refractivity contribution is 5.93. The summed E-state index contributed by atoms with van der Waals surface area (Å²) in [5.74, 6) is 0. The number of rotatable bonds is 1. The Labute approximate surface area is 87.5 Å². The van der Waals surface area contributed by atoms with Gasteiger partial charge in [-0.25, -0.2) is 0 Å². The Balaban J connectivity index is 2.91. The van der Waals surface area contributed by atoms with Crippen LogP contribution in [0.4, 0.5) is 5.69 Å². The molecule has 0 saturated heterocycles. The maximum Gasteiger partial charge on any atom is 0.277 e. The largest absolute Gasteiger partial charge is 0.277 e. The van der Waals surface area contributed by atoms with E-state index in [-0.39, 0.29) is 10.6 Å². The summed E-state index contributed by atoms with van der Waals surface area (Å²) < 4.78 is 0. The summed E-state index contributed by atoms with van der Waals surface area (Å²) in [4.78, 5) is 10.5. The molecular formula is C12H11NO2. The SMILES string of the molecule is Cc1cc(C)c2cccc([N+](=O)[O-])c2c1. The Kier molecular flexibility index (Phi) is 2.15. The fraction of sp³-hybridized carbons (Fsp3) is 0.167. The van der Waals surface area contributed by atoms with E-state index in [1.165, 1.54) is 0 Å². The van der Waals surface area contributed by atoms with Crippen molar-refractivity contribution in [2.45, 2.75) is 13.8 Å². The molecule has 0 heterocycles. The van der Waals surface area contributed by atoms with Crippen LogP contribution in [-0.4, -0.2) is 4.92 Å². The van der Waals surface area contributed by atoms with Gasteiger partial charge in [0.15, 0.2) is 0 Å². The van der Waals surface area contributed by atoms with Crippen molar-refractivity contribution in [3.05, 3.63) is 51.6 Å². The molecule has 0 fully saturated rings. The Morgan fingerprint density at radius 3 is 2.53 bits per heavy atom. The van der Waals surface area contributed by atoms with E-state index in [1.807, 2.05) is 32.0 Å². The summed E-state index contributed by atoms with van der Waals surface area (Å²) in [5.41, 5.74) is 2.31.